The van der Waals surface area contributed by atoms with Gasteiger partial charge in [0.2, 0.25) is 0 Å². The molecular weight excluding hydrogens is 350 g/mol. The largest absolute Gasteiger partial charge is 0.380 e. The van der Waals surface area contributed by atoms with E-state index in [0.29, 0.717) is 30.5 Å². The molecule has 2 aliphatic rings. The van der Waals surface area contributed by atoms with Crippen LogP contribution >= 0.6 is 11.6 Å². The first kappa shape index (κ1) is 17.2. The first-order chi connectivity index (χ1) is 11.2. The van der Waals surface area contributed by atoms with Crippen LogP contribution in [0.2, 0.25) is 5.02 Å². The molecule has 0 saturated heterocycles. The van der Waals surface area contributed by atoms with Crippen molar-refractivity contribution in [2.45, 2.75) is 30.6 Å². The Kier molecular flexibility index (Phi) is 4.30. The molecule has 0 fully saturated rings. The Labute approximate surface area is 146 Å². The average Bonchev–Trinajstić information content (AvgIpc) is 2.83. The second-order valence-electron chi connectivity index (χ2n) is 6.29. The van der Waals surface area contributed by atoms with Crippen LogP contribution in [0.4, 0.5) is 0 Å². The number of nitrogens with zero attached hydrogens (tertiary/aromatic N) is 1. The minimum absolute atomic E-state index is 0.00424. The summed E-state index contributed by atoms with van der Waals surface area (Å²) in [6, 6.07) is 2.86. The van der Waals surface area contributed by atoms with Gasteiger partial charge in [0.05, 0.1) is 21.2 Å². The van der Waals surface area contributed by atoms with Crippen LogP contribution in [-0.4, -0.2) is 44.7 Å². The summed E-state index contributed by atoms with van der Waals surface area (Å²) in [7, 11) is 0.294. The molecule has 0 N–H and O–H groups in total. The van der Waals surface area contributed by atoms with E-state index in [1.54, 1.807) is 19.0 Å². The Morgan fingerprint density at radius 2 is 1.88 bits per heavy atom. The van der Waals surface area contributed by atoms with Crippen molar-refractivity contribution < 1.29 is 18.0 Å². The molecule has 0 bridgehead atoms. The van der Waals surface area contributed by atoms with Crippen LogP contribution in [0, 0.1) is 0 Å². The van der Waals surface area contributed by atoms with Crippen LogP contribution in [0.25, 0.3) is 0 Å². The van der Waals surface area contributed by atoms with Crippen molar-refractivity contribution in [1.29, 1.82) is 0 Å². The summed E-state index contributed by atoms with van der Waals surface area (Å²) in [4.78, 5) is 27.3. The Balaban J connectivity index is 2.13. The van der Waals surface area contributed by atoms with Crippen molar-refractivity contribution in [3.05, 3.63) is 39.6 Å². The van der Waals surface area contributed by atoms with E-state index in [0.717, 1.165) is 6.42 Å². The first-order valence-electron chi connectivity index (χ1n) is 7.76. The predicted molar refractivity (Wildman–Crippen MR) is 91.1 cm³/mol. The van der Waals surface area contributed by atoms with Crippen LogP contribution in [-0.2, 0) is 21.1 Å². The summed E-state index contributed by atoms with van der Waals surface area (Å²) in [5.74, 6) is -0.593. The molecular formula is C17H18ClNO4S. The fraction of sp³-hybridized carbons (Fsp3) is 0.412. The molecule has 0 radical (unpaired) electrons. The van der Waals surface area contributed by atoms with Gasteiger partial charge >= 0.3 is 0 Å². The molecule has 1 aromatic rings. The van der Waals surface area contributed by atoms with E-state index in [1.807, 2.05) is 0 Å². The number of halogens is 1. The van der Waals surface area contributed by atoms with E-state index in [-0.39, 0.29) is 32.6 Å². The van der Waals surface area contributed by atoms with Gasteiger partial charge in [-0.3, -0.25) is 9.59 Å². The van der Waals surface area contributed by atoms with Gasteiger partial charge in [-0.15, -0.1) is 0 Å². The molecule has 128 valence electrons. The van der Waals surface area contributed by atoms with Gasteiger partial charge in [-0.2, -0.15) is 0 Å². The molecule has 0 amide bonds. The van der Waals surface area contributed by atoms with Crippen molar-refractivity contribution in [3.8, 4) is 0 Å². The standard InChI is InChI=1S/C17H18ClNO4S/c1-19(2)12-4-3-5-13(20)15(12)17(21)11-6-7-14-10(16(11)18)8-9-24(14,22)23/h6-7H,3-5,8-9H2,1-2H3. The van der Waals surface area contributed by atoms with Gasteiger partial charge in [-0.05, 0) is 37.0 Å². The van der Waals surface area contributed by atoms with Gasteiger partial charge < -0.3 is 4.90 Å². The highest BCUT2D eigenvalue weighted by atomic mass is 35.5. The van der Waals surface area contributed by atoms with Gasteiger partial charge in [0.15, 0.2) is 21.4 Å². The van der Waals surface area contributed by atoms with Gasteiger partial charge in [0, 0.05) is 31.8 Å². The maximum absolute atomic E-state index is 13.0. The van der Waals surface area contributed by atoms with E-state index in [1.165, 1.54) is 12.1 Å². The second kappa shape index (κ2) is 6.01. The van der Waals surface area contributed by atoms with Crippen LogP contribution in [0.1, 0.15) is 35.2 Å². The topological polar surface area (TPSA) is 71.5 Å². The summed E-state index contributed by atoms with van der Waals surface area (Å²) in [6.07, 6.45) is 2.02. The molecule has 0 atom stereocenters. The fourth-order valence-corrected chi connectivity index (χ4v) is 5.27. The van der Waals surface area contributed by atoms with Crippen molar-refractivity contribution >= 4 is 33.0 Å². The SMILES string of the molecule is CN(C)C1=C(C(=O)c2ccc3c(c2Cl)CCS3(=O)=O)C(=O)CCC1. The first-order valence-corrected chi connectivity index (χ1v) is 9.79. The van der Waals surface area contributed by atoms with Crippen molar-refractivity contribution in [3.63, 3.8) is 0 Å². The van der Waals surface area contributed by atoms with E-state index in [4.69, 9.17) is 11.6 Å². The second-order valence-corrected chi connectivity index (χ2v) is 8.75. The number of allylic oxidation sites excluding steroid dienone is 2. The molecule has 1 aliphatic carbocycles. The monoisotopic (exact) mass is 367 g/mol. The molecule has 24 heavy (non-hydrogen) atoms. The average molecular weight is 368 g/mol. The summed E-state index contributed by atoms with van der Waals surface area (Å²) < 4.78 is 23.9. The van der Waals surface area contributed by atoms with Crippen molar-refractivity contribution in [1.82, 2.24) is 4.90 Å². The lowest BCUT2D eigenvalue weighted by Gasteiger charge is -2.25. The molecule has 0 unspecified atom stereocenters. The highest BCUT2D eigenvalue weighted by Crippen LogP contribution is 2.36. The molecule has 0 saturated carbocycles. The number of carbonyl (C=O) groups is 2. The molecule has 7 heteroatoms. The van der Waals surface area contributed by atoms with E-state index in [9.17, 15) is 18.0 Å². The zero-order valence-corrected chi connectivity index (χ0v) is 15.1. The van der Waals surface area contributed by atoms with E-state index < -0.39 is 15.6 Å². The number of fused-ring (bicyclic) bond motifs is 1. The molecule has 0 aromatic heterocycles. The molecule has 3 rings (SSSR count). The number of benzene rings is 1. The predicted octanol–water partition coefficient (Wildman–Crippen LogP) is 2.42. The van der Waals surface area contributed by atoms with Crippen LogP contribution in [0.15, 0.2) is 28.3 Å². The lowest BCUT2D eigenvalue weighted by molar-refractivity contribution is -0.115. The molecule has 0 spiro atoms. The van der Waals surface area contributed by atoms with Gasteiger partial charge in [-0.25, -0.2) is 8.42 Å². The Hall–Kier alpha value is -1.66. The third-order valence-electron chi connectivity index (χ3n) is 4.55. The number of Topliss-reactive ketones (excluding diaryl/α,β-unsaturated/α-hetero) is 2. The normalized spacial score (nSPS) is 19.4. The number of ketones is 2. The minimum Gasteiger partial charge on any atom is -0.380 e. The highest BCUT2D eigenvalue weighted by Gasteiger charge is 2.33. The Morgan fingerprint density at radius 3 is 2.54 bits per heavy atom. The maximum Gasteiger partial charge on any atom is 0.199 e. The number of hydrogen-bond acceptors (Lipinski definition) is 5. The summed E-state index contributed by atoms with van der Waals surface area (Å²) in [5.41, 5.74) is 1.57. The third kappa shape index (κ3) is 2.67. The smallest absolute Gasteiger partial charge is 0.199 e. The maximum atomic E-state index is 13.0. The third-order valence-corrected chi connectivity index (χ3v) is 6.78. The number of hydrogen-bond donors (Lipinski definition) is 0. The molecule has 1 heterocycles. The zero-order chi connectivity index (χ0) is 17.6. The molecule has 5 nitrogen and oxygen atoms in total. The number of carbonyl (C=O) groups excluding carboxylic acids is 2. The van der Waals surface area contributed by atoms with Gasteiger partial charge in [0.25, 0.3) is 0 Å². The Morgan fingerprint density at radius 1 is 1.17 bits per heavy atom. The lowest BCUT2D eigenvalue weighted by Crippen LogP contribution is -2.26. The summed E-state index contributed by atoms with van der Waals surface area (Å²) >= 11 is 6.34. The number of rotatable bonds is 3. The molecule has 1 aromatic carbocycles. The quantitative estimate of drug-likeness (QED) is 0.606. The van der Waals surface area contributed by atoms with Crippen LogP contribution in [0.5, 0.6) is 0 Å². The van der Waals surface area contributed by atoms with E-state index in [2.05, 4.69) is 0 Å². The van der Waals surface area contributed by atoms with Crippen molar-refractivity contribution in [2.75, 3.05) is 19.8 Å². The van der Waals surface area contributed by atoms with Gasteiger partial charge in [-0.1, -0.05) is 11.6 Å². The number of sulfone groups is 1. The summed E-state index contributed by atoms with van der Waals surface area (Å²) in [6.45, 7) is 0. The minimum atomic E-state index is -3.31. The summed E-state index contributed by atoms with van der Waals surface area (Å²) in [5, 5.41) is 0.155. The lowest BCUT2D eigenvalue weighted by atomic mass is 9.88. The Bertz CT molecular complexity index is 884. The zero-order valence-electron chi connectivity index (χ0n) is 13.6. The highest BCUT2D eigenvalue weighted by molar-refractivity contribution is 7.91. The fourth-order valence-electron chi connectivity index (χ4n) is 3.32. The van der Waals surface area contributed by atoms with Crippen LogP contribution in [0.3, 0.4) is 0 Å². The van der Waals surface area contributed by atoms with Crippen molar-refractivity contribution in [2.24, 2.45) is 0 Å². The van der Waals surface area contributed by atoms with E-state index >= 15 is 0 Å². The van der Waals surface area contributed by atoms with Crippen LogP contribution < -0.4 is 0 Å². The van der Waals surface area contributed by atoms with Gasteiger partial charge in [0.1, 0.15) is 0 Å². The molecule has 1 aliphatic heterocycles.